The molecule has 2 N–H and O–H groups in total. The van der Waals surface area contributed by atoms with Crippen LogP contribution in [0.4, 0.5) is 0 Å². The van der Waals surface area contributed by atoms with E-state index in [1.165, 1.54) is 0 Å². The van der Waals surface area contributed by atoms with E-state index in [9.17, 15) is 5.11 Å². The van der Waals surface area contributed by atoms with E-state index in [2.05, 4.69) is 25.9 Å². The van der Waals surface area contributed by atoms with Crippen molar-refractivity contribution in [3.8, 4) is 5.69 Å². The van der Waals surface area contributed by atoms with Crippen LogP contribution < -0.4 is 5.32 Å². The number of hydrogen-bond donors (Lipinski definition) is 2. The molecule has 0 aromatic carbocycles. The molecule has 0 saturated carbocycles. The van der Waals surface area contributed by atoms with Crippen LogP contribution in [0, 0.1) is 0 Å². The molecule has 2 atom stereocenters. The molecule has 3 aromatic rings. The minimum Gasteiger partial charge on any atom is -0.395 e. The third kappa shape index (κ3) is 2.95. The highest BCUT2D eigenvalue weighted by molar-refractivity contribution is 7.80. The summed E-state index contributed by atoms with van der Waals surface area (Å²) in [5.74, 6) is 0. The zero-order chi connectivity index (χ0) is 17.9. The first-order chi connectivity index (χ1) is 12.8. The molecule has 6 nitrogen and oxygen atoms in total. The van der Waals surface area contributed by atoms with Crippen LogP contribution in [0.5, 0.6) is 0 Å². The Morgan fingerprint density at radius 3 is 2.77 bits per heavy atom. The van der Waals surface area contributed by atoms with E-state index >= 15 is 0 Å². The summed E-state index contributed by atoms with van der Waals surface area (Å²) in [6.07, 6.45) is 7.39. The van der Waals surface area contributed by atoms with Gasteiger partial charge in [-0.2, -0.15) is 0 Å². The number of thiocarbonyl (C=S) groups is 1. The summed E-state index contributed by atoms with van der Waals surface area (Å²) in [6.45, 7) is 0.485. The zero-order valence-corrected chi connectivity index (χ0v) is 14.9. The van der Waals surface area contributed by atoms with Crippen molar-refractivity contribution in [2.75, 3.05) is 13.2 Å². The number of β-amino-alcohol motifs (C(OH)–C–C–N with tert-alkyl or cyclic N) is 1. The summed E-state index contributed by atoms with van der Waals surface area (Å²) in [7, 11) is 0. The Morgan fingerprint density at radius 1 is 1.12 bits per heavy atom. The van der Waals surface area contributed by atoms with Gasteiger partial charge in [0, 0.05) is 30.8 Å². The Morgan fingerprint density at radius 2 is 2.04 bits per heavy atom. The molecular formula is C19H19N5OS. The Bertz CT molecular complexity index is 883. The predicted molar refractivity (Wildman–Crippen MR) is 103 cm³/mol. The molecule has 0 bridgehead atoms. The van der Waals surface area contributed by atoms with Crippen molar-refractivity contribution in [3.63, 3.8) is 0 Å². The van der Waals surface area contributed by atoms with E-state index in [1.54, 1.807) is 12.4 Å². The van der Waals surface area contributed by atoms with Crippen LogP contribution in [0.15, 0.2) is 67.3 Å². The van der Waals surface area contributed by atoms with Crippen molar-refractivity contribution < 1.29 is 5.11 Å². The molecule has 3 aromatic heterocycles. The van der Waals surface area contributed by atoms with Gasteiger partial charge in [0.15, 0.2) is 5.11 Å². The number of hydrogen-bond acceptors (Lipinski definition) is 4. The molecule has 4 rings (SSSR count). The fourth-order valence-electron chi connectivity index (χ4n) is 3.44. The van der Waals surface area contributed by atoms with Crippen molar-refractivity contribution in [2.45, 2.75) is 12.1 Å². The second-order valence-corrected chi connectivity index (χ2v) is 6.44. The lowest BCUT2D eigenvalue weighted by Crippen LogP contribution is -2.32. The molecule has 0 amide bonds. The van der Waals surface area contributed by atoms with Gasteiger partial charge in [-0.3, -0.25) is 9.97 Å². The molecule has 1 aliphatic heterocycles. The molecule has 1 aliphatic rings. The minimum atomic E-state index is -0.0967. The molecule has 1 fully saturated rings. The van der Waals surface area contributed by atoms with Gasteiger partial charge in [0.1, 0.15) is 0 Å². The van der Waals surface area contributed by atoms with E-state index < -0.39 is 0 Å². The third-order valence-corrected chi connectivity index (χ3v) is 4.90. The second kappa shape index (κ2) is 7.23. The molecule has 7 heteroatoms. The van der Waals surface area contributed by atoms with Gasteiger partial charge in [0.2, 0.25) is 0 Å². The van der Waals surface area contributed by atoms with Gasteiger partial charge in [-0.15, -0.1) is 0 Å². The molecule has 1 saturated heterocycles. The molecule has 132 valence electrons. The van der Waals surface area contributed by atoms with Crippen LogP contribution in [0.25, 0.3) is 5.69 Å². The number of aliphatic hydroxyl groups is 1. The van der Waals surface area contributed by atoms with E-state index in [1.807, 2.05) is 53.7 Å². The number of aliphatic hydroxyl groups excluding tert-OH is 1. The topological polar surface area (TPSA) is 66.2 Å². The van der Waals surface area contributed by atoms with Gasteiger partial charge in [-0.25, -0.2) is 0 Å². The van der Waals surface area contributed by atoms with Crippen LogP contribution in [0.1, 0.15) is 23.5 Å². The largest absolute Gasteiger partial charge is 0.395 e. The maximum absolute atomic E-state index is 9.54. The lowest BCUT2D eigenvalue weighted by atomic mass is 10.0. The van der Waals surface area contributed by atoms with Gasteiger partial charge >= 0.3 is 0 Å². The van der Waals surface area contributed by atoms with Crippen molar-refractivity contribution >= 4 is 17.3 Å². The molecule has 0 unspecified atom stereocenters. The van der Waals surface area contributed by atoms with Crippen LogP contribution in [-0.2, 0) is 0 Å². The number of pyridine rings is 2. The Labute approximate surface area is 157 Å². The van der Waals surface area contributed by atoms with Crippen LogP contribution in [-0.4, -0.2) is 42.8 Å². The molecular weight excluding hydrogens is 346 g/mol. The number of nitrogens with zero attached hydrogens (tertiary/aromatic N) is 4. The number of nitrogens with one attached hydrogen (secondary N) is 1. The predicted octanol–water partition coefficient (Wildman–Crippen LogP) is 2.23. The molecule has 0 spiro atoms. The molecule has 0 radical (unpaired) electrons. The summed E-state index contributed by atoms with van der Waals surface area (Å²) in [6, 6.07) is 13.7. The van der Waals surface area contributed by atoms with Crippen LogP contribution >= 0.6 is 12.2 Å². The van der Waals surface area contributed by atoms with Gasteiger partial charge in [0.05, 0.1) is 36.3 Å². The monoisotopic (exact) mass is 365 g/mol. The van der Waals surface area contributed by atoms with Crippen molar-refractivity contribution in [1.29, 1.82) is 0 Å². The normalized spacial score (nSPS) is 19.6. The van der Waals surface area contributed by atoms with E-state index in [0.717, 1.165) is 17.1 Å². The maximum Gasteiger partial charge on any atom is 0.170 e. The standard InChI is InChI=1S/C19H19N5OS/c25-12-11-24-18(17(22-19(24)26)15-6-1-2-9-21-15)16-7-4-10-23(16)14-5-3-8-20-13-14/h1-10,13,17-18,25H,11-12H2,(H,22,26)/t17-,18+/m0/s1. The van der Waals surface area contributed by atoms with E-state index in [-0.39, 0.29) is 18.7 Å². The first-order valence-corrected chi connectivity index (χ1v) is 8.87. The third-order valence-electron chi connectivity index (χ3n) is 4.55. The van der Waals surface area contributed by atoms with Gasteiger partial charge < -0.3 is 19.9 Å². The Hall–Kier alpha value is -2.77. The van der Waals surface area contributed by atoms with E-state index in [0.29, 0.717) is 11.7 Å². The van der Waals surface area contributed by atoms with Crippen molar-refractivity contribution in [1.82, 2.24) is 24.8 Å². The summed E-state index contributed by atoms with van der Waals surface area (Å²) < 4.78 is 2.10. The average Bonchev–Trinajstić information content (AvgIpc) is 3.28. The van der Waals surface area contributed by atoms with Crippen molar-refractivity contribution in [2.24, 2.45) is 0 Å². The summed E-state index contributed by atoms with van der Waals surface area (Å²) in [5, 5.41) is 13.5. The highest BCUT2D eigenvalue weighted by Gasteiger charge is 2.40. The first-order valence-electron chi connectivity index (χ1n) is 8.46. The Balaban J connectivity index is 1.81. The Kier molecular flexibility index (Phi) is 4.64. The smallest absolute Gasteiger partial charge is 0.170 e. The van der Waals surface area contributed by atoms with Gasteiger partial charge in [-0.05, 0) is 48.6 Å². The second-order valence-electron chi connectivity index (χ2n) is 6.06. The fourth-order valence-corrected chi connectivity index (χ4v) is 3.77. The molecule has 4 heterocycles. The molecule has 26 heavy (non-hydrogen) atoms. The number of aromatic nitrogens is 3. The quantitative estimate of drug-likeness (QED) is 0.676. The zero-order valence-electron chi connectivity index (χ0n) is 14.1. The lowest BCUT2D eigenvalue weighted by Gasteiger charge is -2.28. The average molecular weight is 365 g/mol. The SMILES string of the molecule is OCCN1C(=S)N[C@@H](c2ccccn2)[C@H]1c1cccn1-c1cccnc1. The lowest BCUT2D eigenvalue weighted by molar-refractivity contribution is 0.220. The summed E-state index contributed by atoms with van der Waals surface area (Å²) in [4.78, 5) is 10.8. The van der Waals surface area contributed by atoms with Crippen LogP contribution in [0.3, 0.4) is 0 Å². The van der Waals surface area contributed by atoms with E-state index in [4.69, 9.17) is 12.2 Å². The number of rotatable bonds is 5. The van der Waals surface area contributed by atoms with Gasteiger partial charge in [-0.1, -0.05) is 6.07 Å². The van der Waals surface area contributed by atoms with Crippen LogP contribution in [0.2, 0.25) is 0 Å². The highest BCUT2D eigenvalue weighted by Crippen LogP contribution is 2.39. The van der Waals surface area contributed by atoms with Crippen molar-refractivity contribution in [3.05, 3.63) is 78.6 Å². The first kappa shape index (κ1) is 16.7. The highest BCUT2D eigenvalue weighted by atomic mass is 32.1. The van der Waals surface area contributed by atoms with Gasteiger partial charge in [0.25, 0.3) is 0 Å². The summed E-state index contributed by atoms with van der Waals surface area (Å²) in [5.41, 5.74) is 2.96. The molecule has 0 aliphatic carbocycles. The summed E-state index contributed by atoms with van der Waals surface area (Å²) >= 11 is 5.55. The fraction of sp³-hybridized carbons (Fsp3) is 0.211. The minimum absolute atomic E-state index is 0.0286. The maximum atomic E-state index is 9.54.